The van der Waals surface area contributed by atoms with Crippen molar-refractivity contribution in [2.45, 2.75) is 41.5 Å². The molecule has 0 fully saturated rings. The van der Waals surface area contributed by atoms with E-state index in [1.807, 2.05) is 0 Å². The average Bonchev–Trinajstić information content (AvgIpc) is 2.60. The molecule has 0 spiro atoms. The molecule has 0 unspecified atom stereocenters. The van der Waals surface area contributed by atoms with Gasteiger partial charge in [0, 0.05) is 0 Å². The van der Waals surface area contributed by atoms with Crippen LogP contribution in [0.3, 0.4) is 0 Å². The third-order valence-electron chi connectivity index (χ3n) is 4.06. The Bertz CT molecular complexity index is 595. The van der Waals surface area contributed by atoms with Crippen LogP contribution in [-0.2, 0) is 14.7 Å². The SMILES string of the molecule is Cc1c(C)c(C)c2c(cc(C)[c-]2C)c1C.[Cl][Ti+]([Cl])[Cl]. The van der Waals surface area contributed by atoms with Crippen molar-refractivity contribution in [2.75, 3.05) is 0 Å². The number of aryl methyl sites for hydroxylation is 4. The van der Waals surface area contributed by atoms with Gasteiger partial charge in [-0.1, -0.05) is 37.5 Å². The van der Waals surface area contributed by atoms with E-state index in [4.69, 9.17) is 27.9 Å². The maximum absolute atomic E-state index is 4.97. The van der Waals surface area contributed by atoms with Crippen LogP contribution in [0.4, 0.5) is 0 Å². The molecule has 0 nitrogen and oxygen atoms in total. The molecule has 0 amide bonds. The Morgan fingerprint density at radius 1 is 0.842 bits per heavy atom. The van der Waals surface area contributed by atoms with E-state index in [2.05, 4.69) is 47.6 Å². The first-order valence-corrected chi connectivity index (χ1v) is 12.6. The third kappa shape index (κ3) is 3.74. The zero-order valence-electron chi connectivity index (χ0n) is 12.2. The average molecular weight is 354 g/mol. The van der Waals surface area contributed by atoms with Crippen LogP contribution >= 0.6 is 27.9 Å². The van der Waals surface area contributed by atoms with E-state index >= 15 is 0 Å². The molecule has 0 heterocycles. The monoisotopic (exact) mass is 352 g/mol. The number of hydrogen-bond donors (Lipinski definition) is 0. The fourth-order valence-electron chi connectivity index (χ4n) is 2.53. The summed E-state index contributed by atoms with van der Waals surface area (Å²) >= 11 is -1.92. The predicted molar refractivity (Wildman–Crippen MR) is 85.5 cm³/mol. The first-order chi connectivity index (χ1) is 8.68. The Kier molecular flexibility index (Phi) is 6.36. The summed E-state index contributed by atoms with van der Waals surface area (Å²) in [5, 5.41) is 2.93. The molecule has 0 aromatic heterocycles. The van der Waals surface area contributed by atoms with Gasteiger partial charge >= 0.3 is 42.6 Å². The van der Waals surface area contributed by atoms with Crippen molar-refractivity contribution < 1.29 is 14.7 Å². The first kappa shape index (κ1) is 17.5. The van der Waals surface area contributed by atoms with Gasteiger partial charge in [0.1, 0.15) is 0 Å². The van der Waals surface area contributed by atoms with E-state index in [1.54, 1.807) is 0 Å². The zero-order valence-corrected chi connectivity index (χ0v) is 16.0. The number of benzene rings is 1. The molecule has 2 rings (SSSR count). The second-order valence-electron chi connectivity index (χ2n) is 4.96. The van der Waals surface area contributed by atoms with Crippen molar-refractivity contribution in [1.82, 2.24) is 0 Å². The van der Waals surface area contributed by atoms with Crippen LogP contribution < -0.4 is 0 Å². The van der Waals surface area contributed by atoms with Crippen molar-refractivity contribution in [2.24, 2.45) is 0 Å². The van der Waals surface area contributed by atoms with Gasteiger partial charge in [-0.25, -0.2) is 0 Å². The van der Waals surface area contributed by atoms with E-state index in [9.17, 15) is 0 Å². The zero-order chi connectivity index (χ0) is 14.9. The van der Waals surface area contributed by atoms with Gasteiger partial charge in [0.05, 0.1) is 0 Å². The number of rotatable bonds is 0. The Labute approximate surface area is 133 Å². The second-order valence-corrected chi connectivity index (χ2v) is 12.7. The minimum atomic E-state index is -1.92. The molecule has 0 bridgehead atoms. The molecule has 4 heteroatoms. The number of hydrogen-bond acceptors (Lipinski definition) is 0. The van der Waals surface area contributed by atoms with Crippen molar-refractivity contribution in [3.05, 3.63) is 39.4 Å². The van der Waals surface area contributed by atoms with E-state index in [0.29, 0.717) is 0 Å². The summed E-state index contributed by atoms with van der Waals surface area (Å²) in [6.45, 7) is 13.4. The van der Waals surface area contributed by atoms with Crippen molar-refractivity contribution >= 4 is 38.7 Å². The standard InChI is InChI=1S/C15H19.3ClH.Ti/c1-8-7-14-12(5)10(3)11(4)13(6)15(14)9(8)2;;;;/h7H,1-6H3;3*1H;/q-1;;;;+4/p-3. The topological polar surface area (TPSA) is 0 Å². The molecule has 0 saturated heterocycles. The summed E-state index contributed by atoms with van der Waals surface area (Å²) in [7, 11) is 14.9. The Morgan fingerprint density at radius 2 is 1.26 bits per heavy atom. The van der Waals surface area contributed by atoms with Gasteiger partial charge in [-0.05, 0) is 20.8 Å². The van der Waals surface area contributed by atoms with Gasteiger partial charge < -0.3 is 0 Å². The normalized spacial score (nSPS) is 10.4. The first-order valence-electron chi connectivity index (χ1n) is 6.14. The predicted octanol–water partition coefficient (Wildman–Crippen LogP) is 6.48. The molecule has 0 aliphatic rings. The van der Waals surface area contributed by atoms with Gasteiger partial charge in [0.25, 0.3) is 0 Å². The molecule has 0 aliphatic heterocycles. The molecular weight excluding hydrogens is 334 g/mol. The van der Waals surface area contributed by atoms with Gasteiger partial charge in [-0.2, -0.15) is 6.07 Å². The fraction of sp³-hybridized carbons (Fsp3) is 0.400. The Morgan fingerprint density at radius 3 is 1.74 bits per heavy atom. The summed E-state index contributed by atoms with van der Waals surface area (Å²) in [6.07, 6.45) is 0. The second kappa shape index (κ2) is 6.92. The summed E-state index contributed by atoms with van der Waals surface area (Å²) in [5.74, 6) is 0. The van der Waals surface area contributed by atoms with Crippen LogP contribution in [0.5, 0.6) is 0 Å². The van der Waals surface area contributed by atoms with Gasteiger partial charge in [-0.3, -0.25) is 0 Å². The van der Waals surface area contributed by atoms with Crippen LogP contribution in [0.15, 0.2) is 6.07 Å². The van der Waals surface area contributed by atoms with E-state index in [0.717, 1.165) is 0 Å². The van der Waals surface area contributed by atoms with Gasteiger partial charge in [0.2, 0.25) is 0 Å². The Hall–Kier alpha value is 0.414. The van der Waals surface area contributed by atoms with Crippen molar-refractivity contribution in [3.8, 4) is 0 Å². The minimum absolute atomic E-state index is 1.42. The molecule has 2 aromatic rings. The Balaban J connectivity index is 0.000000399. The molecule has 19 heavy (non-hydrogen) atoms. The van der Waals surface area contributed by atoms with Crippen molar-refractivity contribution in [3.63, 3.8) is 0 Å². The number of fused-ring (bicyclic) bond motifs is 1. The molecule has 0 radical (unpaired) electrons. The fourth-order valence-corrected chi connectivity index (χ4v) is 2.53. The molecule has 0 atom stereocenters. The molecule has 0 N–H and O–H groups in total. The van der Waals surface area contributed by atoms with Crippen LogP contribution in [0.2, 0.25) is 0 Å². The number of halogens is 3. The summed E-state index contributed by atoms with van der Waals surface area (Å²) in [6, 6.07) is 2.33. The molecule has 2 aromatic carbocycles. The molecule has 0 saturated carbocycles. The molecule has 0 aliphatic carbocycles. The van der Waals surface area contributed by atoms with Crippen LogP contribution in [-0.4, -0.2) is 0 Å². The molecular formula is C15H19Cl3Ti. The van der Waals surface area contributed by atoms with Crippen LogP contribution in [0.1, 0.15) is 33.4 Å². The van der Waals surface area contributed by atoms with Gasteiger partial charge in [-0.15, -0.1) is 27.5 Å². The molecule has 104 valence electrons. The summed E-state index contributed by atoms with van der Waals surface area (Å²) in [5.41, 5.74) is 8.68. The third-order valence-corrected chi connectivity index (χ3v) is 4.06. The van der Waals surface area contributed by atoms with Crippen LogP contribution in [0.25, 0.3) is 10.8 Å². The maximum atomic E-state index is 4.97. The van der Waals surface area contributed by atoms with Crippen LogP contribution in [0, 0.1) is 41.5 Å². The van der Waals surface area contributed by atoms with Gasteiger partial charge in [0.15, 0.2) is 0 Å². The summed E-state index contributed by atoms with van der Waals surface area (Å²) < 4.78 is 0. The van der Waals surface area contributed by atoms with Crippen molar-refractivity contribution in [1.29, 1.82) is 0 Å². The van der Waals surface area contributed by atoms with E-state index in [-0.39, 0.29) is 0 Å². The van der Waals surface area contributed by atoms with E-state index in [1.165, 1.54) is 44.2 Å². The summed E-state index contributed by atoms with van der Waals surface area (Å²) in [4.78, 5) is 0. The quantitative estimate of drug-likeness (QED) is 0.376. The van der Waals surface area contributed by atoms with E-state index < -0.39 is 14.7 Å².